The zero-order valence-electron chi connectivity index (χ0n) is 11.8. The molecule has 1 heterocycles. The van der Waals surface area contributed by atoms with Crippen molar-refractivity contribution in [1.29, 1.82) is 0 Å². The van der Waals surface area contributed by atoms with E-state index in [9.17, 15) is 4.79 Å². The van der Waals surface area contributed by atoms with E-state index in [0.29, 0.717) is 22.5 Å². The van der Waals surface area contributed by atoms with Gasteiger partial charge < -0.3 is 10.4 Å². The first kappa shape index (κ1) is 16.4. The third kappa shape index (κ3) is 5.38. The number of hydrogen-bond donors (Lipinski definition) is 2. The van der Waals surface area contributed by atoms with Crippen LogP contribution in [-0.4, -0.2) is 35.7 Å². The molecular weight excluding hydrogens is 311 g/mol. The van der Waals surface area contributed by atoms with Gasteiger partial charge in [0.1, 0.15) is 0 Å². The highest BCUT2D eigenvalue weighted by Crippen LogP contribution is 2.25. The Balaban J connectivity index is 1.73. The predicted octanol–water partition coefficient (Wildman–Crippen LogP) is 3.86. The Bertz CT molecular complexity index is 489. The van der Waals surface area contributed by atoms with Crippen LogP contribution in [0.2, 0.25) is 10.0 Å². The molecule has 0 atom stereocenters. The highest BCUT2D eigenvalue weighted by molar-refractivity contribution is 6.42. The third-order valence-electron chi connectivity index (χ3n) is 3.93. The number of rotatable bonds is 5. The molecule has 2 N–H and O–H groups in total. The van der Waals surface area contributed by atoms with Gasteiger partial charge in [-0.25, -0.2) is 4.79 Å². The SMILES string of the molecule is O=C(O)NCCC1CCN(Cc2ccc(Cl)c(Cl)c2)CC1. The lowest BCUT2D eigenvalue weighted by Gasteiger charge is -2.32. The van der Waals surface area contributed by atoms with Crippen molar-refractivity contribution in [2.45, 2.75) is 25.8 Å². The van der Waals surface area contributed by atoms with Crippen LogP contribution in [0.5, 0.6) is 0 Å². The van der Waals surface area contributed by atoms with Crippen LogP contribution < -0.4 is 5.32 Å². The molecule has 4 nitrogen and oxygen atoms in total. The second kappa shape index (κ2) is 7.87. The fourth-order valence-corrected chi connectivity index (χ4v) is 3.03. The first-order valence-electron chi connectivity index (χ1n) is 7.17. The van der Waals surface area contributed by atoms with E-state index in [2.05, 4.69) is 10.2 Å². The molecule has 0 radical (unpaired) electrons. The fraction of sp³-hybridized carbons (Fsp3) is 0.533. The minimum absolute atomic E-state index is 0.548. The Morgan fingerprint density at radius 3 is 2.62 bits per heavy atom. The smallest absolute Gasteiger partial charge is 0.404 e. The van der Waals surface area contributed by atoms with Gasteiger partial charge in [0, 0.05) is 13.1 Å². The van der Waals surface area contributed by atoms with Crippen LogP contribution in [0.1, 0.15) is 24.8 Å². The number of halogens is 2. The van der Waals surface area contributed by atoms with Crippen LogP contribution in [0.4, 0.5) is 4.79 Å². The van der Waals surface area contributed by atoms with Gasteiger partial charge >= 0.3 is 6.09 Å². The number of hydrogen-bond acceptors (Lipinski definition) is 2. The summed E-state index contributed by atoms with van der Waals surface area (Å²) in [5.74, 6) is 0.613. The lowest BCUT2D eigenvalue weighted by Crippen LogP contribution is -2.34. The summed E-state index contributed by atoms with van der Waals surface area (Å²) in [5.41, 5.74) is 1.18. The summed E-state index contributed by atoms with van der Waals surface area (Å²) in [5, 5.41) is 12.2. The maximum Gasteiger partial charge on any atom is 0.404 e. The molecule has 0 unspecified atom stereocenters. The van der Waals surface area contributed by atoms with Crippen LogP contribution in [-0.2, 0) is 6.54 Å². The van der Waals surface area contributed by atoms with Crippen LogP contribution in [0.25, 0.3) is 0 Å². The molecule has 1 saturated heterocycles. The van der Waals surface area contributed by atoms with E-state index in [1.807, 2.05) is 18.2 Å². The molecule has 0 spiro atoms. The largest absolute Gasteiger partial charge is 0.465 e. The van der Waals surface area contributed by atoms with Crippen LogP contribution in [0, 0.1) is 5.92 Å². The van der Waals surface area contributed by atoms with Crippen molar-refractivity contribution in [3.8, 4) is 0 Å². The zero-order valence-corrected chi connectivity index (χ0v) is 13.3. The van der Waals surface area contributed by atoms with Crippen molar-refractivity contribution in [3.63, 3.8) is 0 Å². The number of carboxylic acid groups (broad SMARTS) is 1. The molecule has 1 fully saturated rings. The van der Waals surface area contributed by atoms with E-state index in [-0.39, 0.29) is 0 Å². The lowest BCUT2D eigenvalue weighted by atomic mass is 9.93. The average Bonchev–Trinajstić information content (AvgIpc) is 2.44. The molecule has 116 valence electrons. The van der Waals surface area contributed by atoms with E-state index in [0.717, 1.165) is 38.9 Å². The quantitative estimate of drug-likeness (QED) is 0.861. The standard InChI is InChI=1S/C15H20Cl2N2O2/c16-13-2-1-12(9-14(13)17)10-19-7-4-11(5-8-19)3-6-18-15(20)21/h1-2,9,11,18H,3-8,10H2,(H,20,21). The Morgan fingerprint density at radius 1 is 1.29 bits per heavy atom. The number of carbonyl (C=O) groups is 1. The molecule has 1 aliphatic rings. The van der Waals surface area contributed by atoms with Gasteiger partial charge in [-0.15, -0.1) is 0 Å². The Morgan fingerprint density at radius 2 is 2.00 bits per heavy atom. The minimum atomic E-state index is -0.938. The summed E-state index contributed by atoms with van der Waals surface area (Å²) in [6, 6.07) is 5.77. The molecule has 0 saturated carbocycles. The van der Waals surface area contributed by atoms with Gasteiger partial charge in [0.2, 0.25) is 0 Å². The van der Waals surface area contributed by atoms with Gasteiger partial charge in [-0.05, 0) is 56.0 Å². The second-order valence-electron chi connectivity index (χ2n) is 5.49. The molecule has 1 amide bonds. The number of likely N-dealkylation sites (tertiary alicyclic amines) is 1. The van der Waals surface area contributed by atoms with E-state index in [4.69, 9.17) is 28.3 Å². The van der Waals surface area contributed by atoms with E-state index in [1.165, 1.54) is 5.56 Å². The molecule has 21 heavy (non-hydrogen) atoms. The Hall–Kier alpha value is -0.970. The summed E-state index contributed by atoms with van der Waals surface area (Å²) in [6.07, 6.45) is 2.21. The summed E-state index contributed by atoms with van der Waals surface area (Å²) in [7, 11) is 0. The molecular formula is C15H20Cl2N2O2. The van der Waals surface area contributed by atoms with Gasteiger partial charge in [0.25, 0.3) is 0 Å². The average molecular weight is 331 g/mol. The molecule has 1 aromatic rings. The molecule has 1 aliphatic heterocycles. The van der Waals surface area contributed by atoms with E-state index in [1.54, 1.807) is 0 Å². The third-order valence-corrected chi connectivity index (χ3v) is 4.67. The van der Waals surface area contributed by atoms with Crippen molar-refractivity contribution in [1.82, 2.24) is 10.2 Å². The molecule has 0 aliphatic carbocycles. The maximum atomic E-state index is 10.4. The van der Waals surface area contributed by atoms with Gasteiger partial charge in [0.05, 0.1) is 10.0 Å². The summed E-state index contributed by atoms with van der Waals surface area (Å²) >= 11 is 12.0. The zero-order chi connectivity index (χ0) is 15.2. The van der Waals surface area contributed by atoms with Crippen molar-refractivity contribution in [2.75, 3.05) is 19.6 Å². The summed E-state index contributed by atoms with van der Waals surface area (Å²) in [4.78, 5) is 12.8. The predicted molar refractivity (Wildman–Crippen MR) is 85.1 cm³/mol. The Labute approximate surface area is 135 Å². The van der Waals surface area contributed by atoms with Gasteiger partial charge in [0.15, 0.2) is 0 Å². The van der Waals surface area contributed by atoms with Crippen LogP contribution in [0.15, 0.2) is 18.2 Å². The van der Waals surface area contributed by atoms with Crippen molar-refractivity contribution in [3.05, 3.63) is 33.8 Å². The fourth-order valence-electron chi connectivity index (χ4n) is 2.71. The lowest BCUT2D eigenvalue weighted by molar-refractivity contribution is 0.168. The number of benzene rings is 1. The molecule has 0 bridgehead atoms. The first-order valence-corrected chi connectivity index (χ1v) is 7.93. The Kier molecular flexibility index (Phi) is 6.15. The molecule has 2 rings (SSSR count). The normalized spacial score (nSPS) is 16.9. The minimum Gasteiger partial charge on any atom is -0.465 e. The number of nitrogens with zero attached hydrogens (tertiary/aromatic N) is 1. The maximum absolute atomic E-state index is 10.4. The highest BCUT2D eigenvalue weighted by atomic mass is 35.5. The van der Waals surface area contributed by atoms with Gasteiger partial charge in [-0.3, -0.25) is 4.90 Å². The van der Waals surface area contributed by atoms with Crippen molar-refractivity contribution in [2.24, 2.45) is 5.92 Å². The molecule has 1 aromatic carbocycles. The van der Waals surface area contributed by atoms with Gasteiger partial charge in [-0.1, -0.05) is 29.3 Å². The number of amides is 1. The topological polar surface area (TPSA) is 52.6 Å². The van der Waals surface area contributed by atoms with Gasteiger partial charge in [-0.2, -0.15) is 0 Å². The summed E-state index contributed by atoms with van der Waals surface area (Å²) < 4.78 is 0. The van der Waals surface area contributed by atoms with E-state index >= 15 is 0 Å². The summed E-state index contributed by atoms with van der Waals surface area (Å²) in [6.45, 7) is 3.51. The highest BCUT2D eigenvalue weighted by Gasteiger charge is 2.19. The molecule has 6 heteroatoms. The monoisotopic (exact) mass is 330 g/mol. The molecule has 0 aromatic heterocycles. The number of piperidine rings is 1. The van der Waals surface area contributed by atoms with Crippen LogP contribution in [0.3, 0.4) is 0 Å². The number of nitrogens with one attached hydrogen (secondary N) is 1. The van der Waals surface area contributed by atoms with E-state index < -0.39 is 6.09 Å². The van der Waals surface area contributed by atoms with Crippen molar-refractivity contribution >= 4 is 29.3 Å². The first-order chi connectivity index (χ1) is 10.0. The van der Waals surface area contributed by atoms with Crippen LogP contribution >= 0.6 is 23.2 Å². The second-order valence-corrected chi connectivity index (χ2v) is 6.30. The van der Waals surface area contributed by atoms with Crippen molar-refractivity contribution < 1.29 is 9.90 Å².